The molecule has 0 aliphatic carbocycles. The highest BCUT2D eigenvalue weighted by Gasteiger charge is 2.16. The highest BCUT2D eigenvalue weighted by molar-refractivity contribution is 5.98. The van der Waals surface area contributed by atoms with Gasteiger partial charge in [-0.1, -0.05) is 140 Å². The Morgan fingerprint density at radius 3 is 1.65 bits per heavy atom. The standard InChI is InChI=1S/C31H24/c1-4-13-25(14-5-1)30(26-15-6-2-7-16-26)23-31(27-17-8-3-9-18-27)29-22-12-20-24-19-10-11-21-28(24)29/h1-23,30H/b31-23+. The van der Waals surface area contributed by atoms with Crippen LogP contribution < -0.4 is 0 Å². The van der Waals surface area contributed by atoms with Gasteiger partial charge in [-0.3, -0.25) is 0 Å². The average Bonchev–Trinajstić information content (AvgIpc) is 2.86. The van der Waals surface area contributed by atoms with Gasteiger partial charge >= 0.3 is 0 Å². The van der Waals surface area contributed by atoms with Crippen LogP contribution in [0.1, 0.15) is 28.2 Å². The molecule has 0 atom stereocenters. The molecule has 148 valence electrons. The molecule has 0 spiro atoms. The largest absolute Gasteiger partial charge is 0.0641 e. The van der Waals surface area contributed by atoms with Gasteiger partial charge in [-0.2, -0.15) is 0 Å². The maximum atomic E-state index is 2.43. The third-order valence-electron chi connectivity index (χ3n) is 5.82. The van der Waals surface area contributed by atoms with Crippen molar-refractivity contribution in [1.82, 2.24) is 0 Å². The van der Waals surface area contributed by atoms with E-state index in [1.54, 1.807) is 0 Å². The summed E-state index contributed by atoms with van der Waals surface area (Å²) in [5, 5.41) is 2.54. The van der Waals surface area contributed by atoms with E-state index in [4.69, 9.17) is 0 Å². The first-order chi connectivity index (χ1) is 15.4. The molecule has 31 heavy (non-hydrogen) atoms. The van der Waals surface area contributed by atoms with Gasteiger partial charge in [0, 0.05) is 5.92 Å². The second-order valence-electron chi connectivity index (χ2n) is 7.77. The van der Waals surface area contributed by atoms with E-state index in [1.807, 2.05) is 0 Å². The second-order valence-corrected chi connectivity index (χ2v) is 7.77. The van der Waals surface area contributed by atoms with Gasteiger partial charge in [0.25, 0.3) is 0 Å². The molecule has 0 heteroatoms. The minimum Gasteiger partial charge on any atom is -0.0641 e. The van der Waals surface area contributed by atoms with Crippen LogP contribution in [0.3, 0.4) is 0 Å². The molecule has 0 bridgehead atoms. The molecule has 5 aromatic carbocycles. The summed E-state index contributed by atoms with van der Waals surface area (Å²) in [5.74, 6) is 0.163. The summed E-state index contributed by atoms with van der Waals surface area (Å²) in [4.78, 5) is 0. The lowest BCUT2D eigenvalue weighted by Crippen LogP contribution is -2.00. The molecule has 5 rings (SSSR count). The molecule has 0 heterocycles. The Morgan fingerprint density at radius 2 is 1.00 bits per heavy atom. The number of hydrogen-bond acceptors (Lipinski definition) is 0. The number of rotatable bonds is 5. The van der Waals surface area contributed by atoms with Crippen molar-refractivity contribution in [2.24, 2.45) is 0 Å². The molecule has 0 nitrogen and oxygen atoms in total. The van der Waals surface area contributed by atoms with E-state index in [1.165, 1.54) is 38.6 Å². The molecule has 0 unspecified atom stereocenters. The van der Waals surface area contributed by atoms with E-state index in [2.05, 4.69) is 140 Å². The van der Waals surface area contributed by atoms with Crippen LogP contribution in [0.5, 0.6) is 0 Å². The highest BCUT2D eigenvalue weighted by atomic mass is 14.2. The van der Waals surface area contributed by atoms with Crippen molar-refractivity contribution in [3.8, 4) is 0 Å². The van der Waals surface area contributed by atoms with Gasteiger partial charge in [0.2, 0.25) is 0 Å². The van der Waals surface area contributed by atoms with Crippen LogP contribution in [-0.2, 0) is 0 Å². The number of benzene rings is 5. The van der Waals surface area contributed by atoms with Gasteiger partial charge in [-0.25, -0.2) is 0 Å². The molecule has 0 amide bonds. The van der Waals surface area contributed by atoms with Gasteiger partial charge < -0.3 is 0 Å². The zero-order valence-corrected chi connectivity index (χ0v) is 17.4. The molecule has 0 aromatic heterocycles. The van der Waals surface area contributed by atoms with Crippen molar-refractivity contribution >= 4 is 16.3 Å². The summed E-state index contributed by atoms with van der Waals surface area (Å²) in [7, 11) is 0. The monoisotopic (exact) mass is 396 g/mol. The number of hydrogen-bond donors (Lipinski definition) is 0. The minimum absolute atomic E-state index is 0.163. The molecule has 0 N–H and O–H groups in total. The maximum Gasteiger partial charge on any atom is 0.0278 e. The van der Waals surface area contributed by atoms with Gasteiger partial charge in [-0.05, 0) is 38.6 Å². The van der Waals surface area contributed by atoms with E-state index < -0.39 is 0 Å². The molecule has 0 fully saturated rings. The van der Waals surface area contributed by atoms with Gasteiger partial charge in [0.05, 0.1) is 0 Å². The molecule has 0 saturated carbocycles. The summed E-state index contributed by atoms with van der Waals surface area (Å²) in [6.45, 7) is 0. The van der Waals surface area contributed by atoms with Gasteiger partial charge in [-0.15, -0.1) is 0 Å². The minimum atomic E-state index is 0.163. The molecule has 0 aliphatic rings. The second kappa shape index (κ2) is 8.85. The van der Waals surface area contributed by atoms with E-state index >= 15 is 0 Å². The van der Waals surface area contributed by atoms with Crippen LogP contribution in [0.2, 0.25) is 0 Å². The Bertz CT molecular complexity index is 1250. The van der Waals surface area contributed by atoms with Crippen LogP contribution in [0, 0.1) is 0 Å². The van der Waals surface area contributed by atoms with Crippen LogP contribution in [0.4, 0.5) is 0 Å². The van der Waals surface area contributed by atoms with Crippen molar-refractivity contribution in [1.29, 1.82) is 0 Å². The average molecular weight is 397 g/mol. The third-order valence-corrected chi connectivity index (χ3v) is 5.82. The predicted octanol–water partition coefficient (Wildman–Crippen LogP) is 8.10. The van der Waals surface area contributed by atoms with Crippen LogP contribution in [0.25, 0.3) is 16.3 Å². The Morgan fingerprint density at radius 1 is 0.484 bits per heavy atom. The fourth-order valence-corrected chi connectivity index (χ4v) is 4.29. The third kappa shape index (κ3) is 4.06. The highest BCUT2D eigenvalue weighted by Crippen LogP contribution is 2.35. The summed E-state index contributed by atoms with van der Waals surface area (Å²) in [6.07, 6.45) is 2.43. The lowest BCUT2D eigenvalue weighted by atomic mass is 9.85. The molecular formula is C31H24. The quantitative estimate of drug-likeness (QED) is 0.281. The Hall–Kier alpha value is -3.90. The van der Waals surface area contributed by atoms with E-state index in [-0.39, 0.29) is 5.92 Å². The van der Waals surface area contributed by atoms with Crippen molar-refractivity contribution in [2.45, 2.75) is 5.92 Å². The molecule has 0 aliphatic heterocycles. The lowest BCUT2D eigenvalue weighted by Gasteiger charge is -2.19. The lowest BCUT2D eigenvalue weighted by molar-refractivity contribution is 1.03. The van der Waals surface area contributed by atoms with Crippen molar-refractivity contribution < 1.29 is 0 Å². The van der Waals surface area contributed by atoms with Crippen molar-refractivity contribution in [2.75, 3.05) is 0 Å². The molecule has 0 radical (unpaired) electrons. The smallest absolute Gasteiger partial charge is 0.0278 e. The Kier molecular flexibility index (Phi) is 5.45. The Balaban J connectivity index is 1.77. The van der Waals surface area contributed by atoms with Crippen molar-refractivity contribution in [3.63, 3.8) is 0 Å². The van der Waals surface area contributed by atoms with Crippen LogP contribution in [0.15, 0.2) is 140 Å². The van der Waals surface area contributed by atoms with Gasteiger partial charge in [0.1, 0.15) is 0 Å². The van der Waals surface area contributed by atoms with E-state index in [0.717, 1.165) is 0 Å². The van der Waals surface area contributed by atoms with Gasteiger partial charge in [0.15, 0.2) is 0 Å². The normalized spacial score (nSPS) is 11.7. The fourth-order valence-electron chi connectivity index (χ4n) is 4.29. The number of allylic oxidation sites excluding steroid dienone is 1. The fraction of sp³-hybridized carbons (Fsp3) is 0.0323. The predicted molar refractivity (Wildman–Crippen MR) is 132 cm³/mol. The van der Waals surface area contributed by atoms with Crippen LogP contribution in [-0.4, -0.2) is 0 Å². The number of fused-ring (bicyclic) bond motifs is 1. The molecular weight excluding hydrogens is 372 g/mol. The molecule has 5 aromatic rings. The first-order valence-corrected chi connectivity index (χ1v) is 10.8. The van der Waals surface area contributed by atoms with E-state index in [9.17, 15) is 0 Å². The molecule has 0 saturated heterocycles. The zero-order chi connectivity index (χ0) is 20.9. The maximum absolute atomic E-state index is 2.43. The van der Waals surface area contributed by atoms with Crippen LogP contribution >= 0.6 is 0 Å². The summed E-state index contributed by atoms with van der Waals surface area (Å²) < 4.78 is 0. The Labute approximate surface area is 184 Å². The summed E-state index contributed by atoms with van der Waals surface area (Å²) >= 11 is 0. The summed E-state index contributed by atoms with van der Waals surface area (Å²) in [5.41, 5.74) is 6.34. The first kappa shape index (κ1) is 19.1. The zero-order valence-electron chi connectivity index (χ0n) is 17.4. The van der Waals surface area contributed by atoms with Crippen molar-refractivity contribution in [3.05, 3.63) is 162 Å². The SMILES string of the molecule is C(=C(/c1ccccc1)c1cccc2ccccc12)/C(c1ccccc1)c1ccccc1. The topological polar surface area (TPSA) is 0 Å². The van der Waals surface area contributed by atoms with E-state index in [0.29, 0.717) is 0 Å². The first-order valence-electron chi connectivity index (χ1n) is 10.8. The summed E-state index contributed by atoms with van der Waals surface area (Å²) in [6, 6.07) is 47.5.